The van der Waals surface area contributed by atoms with Crippen LogP contribution in [0.4, 0.5) is 0 Å². The minimum absolute atomic E-state index is 0.754. The highest BCUT2D eigenvalue weighted by molar-refractivity contribution is 7.09. The van der Waals surface area contributed by atoms with Crippen molar-refractivity contribution in [3.63, 3.8) is 0 Å². The quantitative estimate of drug-likeness (QED) is 0.867. The van der Waals surface area contributed by atoms with Gasteiger partial charge in [-0.15, -0.1) is 11.3 Å². The number of hydrogen-bond acceptors (Lipinski definition) is 3. The topological polar surface area (TPSA) is 15.3 Å². The minimum Gasteiger partial charge on any atom is -0.317 e. The molecule has 0 bridgehead atoms. The Bertz CT molecular complexity index is 302. The summed E-state index contributed by atoms with van der Waals surface area (Å²) in [5, 5.41) is 5.64. The lowest BCUT2D eigenvalue weighted by molar-refractivity contribution is 0.138. The highest BCUT2D eigenvalue weighted by Crippen LogP contribution is 2.19. The molecule has 0 aromatic carbocycles. The van der Waals surface area contributed by atoms with Crippen LogP contribution in [0, 0.1) is 5.92 Å². The van der Waals surface area contributed by atoms with Gasteiger partial charge in [0.05, 0.1) is 0 Å². The molecule has 0 amide bonds. The molecule has 96 valence electrons. The molecule has 0 saturated carbocycles. The molecular formula is C14H24N2S. The molecule has 2 nitrogen and oxygen atoms in total. The Morgan fingerprint density at radius 3 is 2.76 bits per heavy atom. The second-order valence-corrected chi connectivity index (χ2v) is 6.42. The van der Waals surface area contributed by atoms with Gasteiger partial charge >= 0.3 is 0 Å². The fourth-order valence-corrected chi connectivity index (χ4v) is 3.32. The van der Waals surface area contributed by atoms with E-state index in [0.717, 1.165) is 18.5 Å². The minimum atomic E-state index is 0.754. The average molecular weight is 252 g/mol. The number of piperidine rings is 1. The van der Waals surface area contributed by atoms with Gasteiger partial charge in [0.25, 0.3) is 0 Å². The lowest BCUT2D eigenvalue weighted by atomic mass is 10.0. The summed E-state index contributed by atoms with van der Waals surface area (Å²) in [6, 6.07) is 5.20. The van der Waals surface area contributed by atoms with Crippen LogP contribution < -0.4 is 5.32 Å². The van der Waals surface area contributed by atoms with Gasteiger partial charge in [-0.1, -0.05) is 19.9 Å². The van der Waals surface area contributed by atoms with Crippen molar-refractivity contribution in [3.05, 3.63) is 22.4 Å². The molecule has 1 fully saturated rings. The standard InChI is InChI=1S/C14H24N2S/c1-12(2)10-16(11-14-4-3-9-17-14)13-5-7-15-8-6-13/h3-4,9,12-13,15H,5-8,10-11H2,1-2H3. The Kier molecular flexibility index (Phi) is 5.01. The van der Waals surface area contributed by atoms with Crippen molar-refractivity contribution in [2.75, 3.05) is 19.6 Å². The predicted octanol–water partition coefficient (Wildman–Crippen LogP) is 2.96. The van der Waals surface area contributed by atoms with Crippen LogP contribution >= 0.6 is 11.3 Å². The van der Waals surface area contributed by atoms with Crippen molar-refractivity contribution in [2.24, 2.45) is 5.92 Å². The van der Waals surface area contributed by atoms with Crippen molar-refractivity contribution in [1.29, 1.82) is 0 Å². The lowest BCUT2D eigenvalue weighted by Gasteiger charge is -2.35. The van der Waals surface area contributed by atoms with Gasteiger partial charge in [-0.05, 0) is 43.3 Å². The number of nitrogens with one attached hydrogen (secondary N) is 1. The largest absolute Gasteiger partial charge is 0.317 e. The summed E-state index contributed by atoms with van der Waals surface area (Å²) >= 11 is 1.89. The van der Waals surface area contributed by atoms with Crippen molar-refractivity contribution in [3.8, 4) is 0 Å². The maximum Gasteiger partial charge on any atom is 0.0330 e. The second kappa shape index (κ2) is 6.53. The molecule has 17 heavy (non-hydrogen) atoms. The van der Waals surface area contributed by atoms with Crippen LogP contribution in [-0.4, -0.2) is 30.6 Å². The van der Waals surface area contributed by atoms with Crippen LogP contribution in [0.25, 0.3) is 0 Å². The Morgan fingerprint density at radius 1 is 1.41 bits per heavy atom. The molecular weight excluding hydrogens is 228 g/mol. The molecule has 1 aliphatic heterocycles. The van der Waals surface area contributed by atoms with Crippen LogP contribution in [0.2, 0.25) is 0 Å². The van der Waals surface area contributed by atoms with Crippen molar-refractivity contribution >= 4 is 11.3 Å². The average Bonchev–Trinajstić information content (AvgIpc) is 2.82. The third kappa shape index (κ3) is 4.09. The zero-order valence-electron chi connectivity index (χ0n) is 11.0. The molecule has 0 spiro atoms. The highest BCUT2D eigenvalue weighted by Gasteiger charge is 2.21. The molecule has 1 aromatic rings. The molecule has 2 heterocycles. The van der Waals surface area contributed by atoms with E-state index in [9.17, 15) is 0 Å². The fraction of sp³-hybridized carbons (Fsp3) is 0.714. The van der Waals surface area contributed by atoms with Gasteiger partial charge < -0.3 is 5.32 Å². The maximum absolute atomic E-state index is 3.46. The predicted molar refractivity (Wildman–Crippen MR) is 75.5 cm³/mol. The molecule has 0 atom stereocenters. The summed E-state index contributed by atoms with van der Waals surface area (Å²) in [5.41, 5.74) is 0. The van der Waals surface area contributed by atoms with Gasteiger partial charge in [0.1, 0.15) is 0 Å². The maximum atomic E-state index is 3.46. The summed E-state index contributed by atoms with van der Waals surface area (Å²) in [5.74, 6) is 0.754. The molecule has 2 rings (SSSR count). The van der Waals surface area contributed by atoms with E-state index in [0.29, 0.717) is 0 Å². The monoisotopic (exact) mass is 252 g/mol. The summed E-state index contributed by atoms with van der Waals surface area (Å²) < 4.78 is 0. The van der Waals surface area contributed by atoms with Gasteiger partial charge in [-0.25, -0.2) is 0 Å². The van der Waals surface area contributed by atoms with Gasteiger partial charge in [-0.2, -0.15) is 0 Å². The highest BCUT2D eigenvalue weighted by atomic mass is 32.1. The summed E-state index contributed by atoms with van der Waals surface area (Å²) in [4.78, 5) is 4.20. The molecule has 1 saturated heterocycles. The van der Waals surface area contributed by atoms with Crippen molar-refractivity contribution < 1.29 is 0 Å². The first-order chi connectivity index (χ1) is 8.25. The Labute approximate surface area is 109 Å². The summed E-state index contributed by atoms with van der Waals surface area (Å²) in [6.45, 7) is 9.38. The van der Waals surface area contributed by atoms with E-state index in [1.807, 2.05) is 11.3 Å². The molecule has 0 aliphatic carbocycles. The van der Waals surface area contributed by atoms with E-state index in [1.165, 1.54) is 37.4 Å². The van der Waals surface area contributed by atoms with E-state index in [4.69, 9.17) is 0 Å². The summed E-state index contributed by atoms with van der Waals surface area (Å²) in [6.07, 6.45) is 2.61. The third-order valence-electron chi connectivity index (χ3n) is 3.36. The normalized spacial score (nSPS) is 18.1. The second-order valence-electron chi connectivity index (χ2n) is 5.38. The number of nitrogens with zero attached hydrogens (tertiary/aromatic N) is 1. The van der Waals surface area contributed by atoms with Crippen LogP contribution in [0.5, 0.6) is 0 Å². The van der Waals surface area contributed by atoms with E-state index in [2.05, 4.69) is 41.6 Å². The van der Waals surface area contributed by atoms with Gasteiger partial charge in [0.15, 0.2) is 0 Å². The Hall–Kier alpha value is -0.380. The van der Waals surface area contributed by atoms with E-state index in [1.54, 1.807) is 0 Å². The molecule has 3 heteroatoms. The first kappa shape index (κ1) is 13.1. The van der Waals surface area contributed by atoms with Crippen LogP contribution in [0.15, 0.2) is 17.5 Å². The molecule has 1 aliphatic rings. The summed E-state index contributed by atoms with van der Waals surface area (Å²) in [7, 11) is 0. The molecule has 0 unspecified atom stereocenters. The molecule has 1 N–H and O–H groups in total. The Morgan fingerprint density at radius 2 is 2.18 bits per heavy atom. The van der Waals surface area contributed by atoms with E-state index >= 15 is 0 Å². The SMILES string of the molecule is CC(C)CN(Cc1cccs1)C1CCNCC1. The van der Waals surface area contributed by atoms with E-state index < -0.39 is 0 Å². The molecule has 0 radical (unpaired) electrons. The first-order valence-corrected chi connectivity index (χ1v) is 7.61. The smallest absolute Gasteiger partial charge is 0.0330 e. The number of thiophene rings is 1. The van der Waals surface area contributed by atoms with Gasteiger partial charge in [0, 0.05) is 24.0 Å². The van der Waals surface area contributed by atoms with Gasteiger partial charge in [-0.3, -0.25) is 4.90 Å². The zero-order valence-corrected chi connectivity index (χ0v) is 11.8. The van der Waals surface area contributed by atoms with Crippen LogP contribution in [0.1, 0.15) is 31.6 Å². The van der Waals surface area contributed by atoms with E-state index in [-0.39, 0.29) is 0 Å². The fourth-order valence-electron chi connectivity index (χ4n) is 2.59. The Balaban J connectivity index is 1.96. The van der Waals surface area contributed by atoms with Crippen LogP contribution in [-0.2, 0) is 6.54 Å². The number of hydrogen-bond donors (Lipinski definition) is 1. The van der Waals surface area contributed by atoms with Gasteiger partial charge in [0.2, 0.25) is 0 Å². The van der Waals surface area contributed by atoms with Crippen molar-refractivity contribution in [1.82, 2.24) is 10.2 Å². The third-order valence-corrected chi connectivity index (χ3v) is 4.22. The van der Waals surface area contributed by atoms with Crippen molar-refractivity contribution in [2.45, 2.75) is 39.3 Å². The lowest BCUT2D eigenvalue weighted by Crippen LogP contribution is -2.44. The zero-order chi connectivity index (χ0) is 12.1. The van der Waals surface area contributed by atoms with Crippen LogP contribution in [0.3, 0.4) is 0 Å². The first-order valence-electron chi connectivity index (χ1n) is 6.73. The molecule has 1 aromatic heterocycles. The number of rotatable bonds is 5.